The summed E-state index contributed by atoms with van der Waals surface area (Å²) in [6, 6.07) is 2.39. The van der Waals surface area contributed by atoms with Crippen LogP contribution in [0.3, 0.4) is 0 Å². The lowest BCUT2D eigenvalue weighted by atomic mass is 10.1. The van der Waals surface area contributed by atoms with Gasteiger partial charge in [0, 0.05) is 25.1 Å². The lowest BCUT2D eigenvalue weighted by molar-refractivity contribution is -0.383. The molecule has 25 heavy (non-hydrogen) atoms. The second kappa shape index (κ2) is 5.83. The highest BCUT2D eigenvalue weighted by molar-refractivity contribution is 5.99. The molecule has 8 nitrogen and oxygen atoms in total. The molecule has 1 aromatic heterocycles. The van der Waals surface area contributed by atoms with Crippen LogP contribution in [0.15, 0.2) is 23.1 Å². The number of fused-ring (bicyclic) bond motifs is 1. The highest BCUT2D eigenvalue weighted by Gasteiger charge is 2.47. The smallest absolute Gasteiger partial charge is 0.343 e. The van der Waals surface area contributed by atoms with Crippen molar-refractivity contribution in [2.45, 2.75) is 25.6 Å². The molecule has 1 saturated carbocycles. The zero-order valence-corrected chi connectivity index (χ0v) is 13.6. The molecule has 1 aromatic carbocycles. The van der Waals surface area contributed by atoms with Gasteiger partial charge in [-0.05, 0) is 13.0 Å². The number of rotatable bonds is 5. The Bertz CT molecular complexity index is 948. The zero-order valence-electron chi connectivity index (χ0n) is 13.6. The molecule has 132 valence electrons. The van der Waals surface area contributed by atoms with E-state index in [9.17, 15) is 24.1 Å². The second-order valence-electron chi connectivity index (χ2n) is 5.65. The Labute approximate surface area is 140 Å². The molecule has 0 atom stereocenters. The number of halogens is 1. The van der Waals surface area contributed by atoms with Gasteiger partial charge in [-0.3, -0.25) is 14.9 Å². The third-order valence-corrected chi connectivity index (χ3v) is 4.10. The fourth-order valence-corrected chi connectivity index (χ4v) is 2.74. The number of hydrogen-bond donors (Lipinski definition) is 0. The van der Waals surface area contributed by atoms with E-state index >= 15 is 0 Å². The number of nitro groups is 1. The number of esters is 1. The normalized spacial score (nSPS) is 15.0. The average Bonchev–Trinajstić information content (AvgIpc) is 3.32. The fourth-order valence-electron chi connectivity index (χ4n) is 2.74. The highest BCUT2D eigenvalue weighted by atomic mass is 19.1. The first-order chi connectivity index (χ1) is 11.8. The monoisotopic (exact) mass is 350 g/mol. The van der Waals surface area contributed by atoms with Crippen molar-refractivity contribution in [1.29, 1.82) is 0 Å². The number of aromatic nitrogens is 1. The van der Waals surface area contributed by atoms with Crippen molar-refractivity contribution in [1.82, 2.24) is 4.57 Å². The summed E-state index contributed by atoms with van der Waals surface area (Å²) in [6.45, 7) is 1.57. The predicted molar refractivity (Wildman–Crippen MR) is 85.7 cm³/mol. The van der Waals surface area contributed by atoms with Crippen molar-refractivity contribution in [2.24, 2.45) is 0 Å². The summed E-state index contributed by atoms with van der Waals surface area (Å²) in [5.41, 5.74) is -1.91. The summed E-state index contributed by atoms with van der Waals surface area (Å²) >= 11 is 0. The molecule has 2 aromatic rings. The number of hydrogen-bond acceptors (Lipinski definition) is 6. The molecule has 0 bridgehead atoms. The van der Waals surface area contributed by atoms with Gasteiger partial charge in [0.15, 0.2) is 5.79 Å². The Morgan fingerprint density at radius 3 is 2.64 bits per heavy atom. The van der Waals surface area contributed by atoms with Crippen LogP contribution in [0.5, 0.6) is 5.75 Å². The first-order valence-corrected chi connectivity index (χ1v) is 7.61. The van der Waals surface area contributed by atoms with Crippen LogP contribution in [-0.4, -0.2) is 29.2 Å². The van der Waals surface area contributed by atoms with Crippen molar-refractivity contribution in [3.8, 4) is 5.75 Å². The number of non-ortho nitro benzene ring substituents is 1. The molecule has 1 heterocycles. The van der Waals surface area contributed by atoms with Gasteiger partial charge in [0.1, 0.15) is 22.2 Å². The third kappa shape index (κ3) is 2.61. The number of ether oxygens (including phenoxy) is 2. The number of carbonyl (C=O) groups is 1. The summed E-state index contributed by atoms with van der Waals surface area (Å²) in [7, 11) is 1.31. The average molecular weight is 350 g/mol. The molecule has 0 radical (unpaired) electrons. The molecular formula is C16H15FN2O6. The highest BCUT2D eigenvalue weighted by Crippen LogP contribution is 2.48. The van der Waals surface area contributed by atoms with Crippen LogP contribution in [0.25, 0.3) is 10.9 Å². The zero-order chi connectivity index (χ0) is 18.4. The van der Waals surface area contributed by atoms with E-state index < -0.39 is 33.4 Å². The van der Waals surface area contributed by atoms with Gasteiger partial charge in [-0.15, -0.1) is 0 Å². The van der Waals surface area contributed by atoms with E-state index in [1.807, 2.05) is 0 Å². The first-order valence-electron chi connectivity index (χ1n) is 7.61. The number of methoxy groups -OCH3 is 1. The van der Waals surface area contributed by atoms with Gasteiger partial charge in [0.05, 0.1) is 18.6 Å². The number of nitrogens with zero attached hydrogens (tertiary/aromatic N) is 2. The molecule has 0 unspecified atom stereocenters. The van der Waals surface area contributed by atoms with E-state index in [2.05, 4.69) is 0 Å². The summed E-state index contributed by atoms with van der Waals surface area (Å²) < 4.78 is 25.9. The molecule has 0 aliphatic heterocycles. The Morgan fingerprint density at radius 1 is 1.44 bits per heavy atom. The summed E-state index contributed by atoms with van der Waals surface area (Å²) in [4.78, 5) is 35.4. The van der Waals surface area contributed by atoms with E-state index in [4.69, 9.17) is 9.47 Å². The summed E-state index contributed by atoms with van der Waals surface area (Å²) in [6.07, 6.45) is 1.39. The molecule has 1 aliphatic carbocycles. The quantitative estimate of drug-likeness (QED) is 0.466. The summed E-state index contributed by atoms with van der Waals surface area (Å²) in [5.74, 6) is -2.67. The van der Waals surface area contributed by atoms with Gasteiger partial charge in [-0.2, -0.15) is 0 Å². The molecule has 0 saturated heterocycles. The van der Waals surface area contributed by atoms with Crippen LogP contribution in [0.4, 0.5) is 10.1 Å². The van der Waals surface area contributed by atoms with Crippen molar-refractivity contribution in [3.63, 3.8) is 0 Å². The van der Waals surface area contributed by atoms with Crippen LogP contribution in [-0.2, 0) is 10.5 Å². The minimum absolute atomic E-state index is 0.0112. The predicted octanol–water partition coefficient (Wildman–Crippen LogP) is 2.51. The fraction of sp³-hybridized carbons (Fsp3) is 0.375. The van der Waals surface area contributed by atoms with Gasteiger partial charge >= 0.3 is 5.97 Å². The van der Waals surface area contributed by atoms with Crippen LogP contribution in [0, 0.1) is 10.1 Å². The number of alkyl halides is 1. The van der Waals surface area contributed by atoms with Gasteiger partial charge in [0.2, 0.25) is 5.43 Å². The summed E-state index contributed by atoms with van der Waals surface area (Å²) in [5, 5.41) is 11.0. The first kappa shape index (κ1) is 16.9. The third-order valence-electron chi connectivity index (χ3n) is 4.10. The van der Waals surface area contributed by atoms with Crippen LogP contribution in [0.1, 0.15) is 30.1 Å². The second-order valence-corrected chi connectivity index (χ2v) is 5.65. The Balaban J connectivity index is 2.49. The lowest BCUT2D eigenvalue weighted by Gasteiger charge is -2.18. The maximum Gasteiger partial charge on any atom is 0.343 e. The van der Waals surface area contributed by atoms with Gasteiger partial charge in [-0.25, -0.2) is 9.18 Å². The number of carbonyl (C=O) groups excluding carboxylic acids is 1. The molecule has 0 N–H and O–H groups in total. The molecule has 9 heteroatoms. The van der Waals surface area contributed by atoms with Crippen molar-refractivity contribution >= 4 is 22.6 Å². The van der Waals surface area contributed by atoms with Gasteiger partial charge in [0.25, 0.3) is 5.69 Å². The molecule has 1 aliphatic rings. The minimum atomic E-state index is -1.82. The Kier molecular flexibility index (Phi) is 3.94. The van der Waals surface area contributed by atoms with E-state index in [-0.39, 0.29) is 36.1 Å². The molecular weight excluding hydrogens is 335 g/mol. The van der Waals surface area contributed by atoms with Crippen LogP contribution >= 0.6 is 0 Å². The van der Waals surface area contributed by atoms with Crippen LogP contribution < -0.4 is 10.2 Å². The van der Waals surface area contributed by atoms with E-state index in [0.717, 1.165) is 16.8 Å². The lowest BCUT2D eigenvalue weighted by Crippen LogP contribution is -2.24. The van der Waals surface area contributed by atoms with Crippen molar-refractivity contribution in [3.05, 3.63) is 44.2 Å². The largest absolute Gasteiger partial charge is 0.495 e. The molecule has 3 rings (SSSR count). The molecule has 0 amide bonds. The van der Waals surface area contributed by atoms with Crippen molar-refractivity contribution in [2.75, 3.05) is 13.7 Å². The van der Waals surface area contributed by atoms with Crippen LogP contribution in [0.2, 0.25) is 0 Å². The Morgan fingerprint density at radius 2 is 2.12 bits per heavy atom. The molecule has 0 spiro atoms. The van der Waals surface area contributed by atoms with E-state index in [1.54, 1.807) is 6.92 Å². The maximum atomic E-state index is 14.9. The standard InChI is InChI=1S/C16H15FN2O6/c1-3-25-15(21)9-8-18(16(17)6-7-16)13-11(24-2)5-4-10(19(22)23)12(13)14(9)20/h4-5,8H,3,6-7H2,1-2H3. The van der Waals surface area contributed by atoms with E-state index in [1.165, 1.54) is 13.2 Å². The van der Waals surface area contributed by atoms with Crippen molar-refractivity contribution < 1.29 is 23.6 Å². The number of benzene rings is 1. The van der Waals surface area contributed by atoms with Gasteiger partial charge < -0.3 is 14.0 Å². The maximum absolute atomic E-state index is 14.9. The Hall–Kier alpha value is -2.97. The number of nitro benzene ring substituents is 1. The molecule has 1 fully saturated rings. The number of pyridine rings is 1. The van der Waals surface area contributed by atoms with Gasteiger partial charge in [-0.1, -0.05) is 0 Å². The SMILES string of the molecule is CCOC(=O)c1cn(C2(F)CC2)c2c(OC)ccc([N+](=O)[O-])c2c1=O. The minimum Gasteiger partial charge on any atom is -0.495 e. The van der Waals surface area contributed by atoms with E-state index in [0.29, 0.717) is 0 Å². The topological polar surface area (TPSA) is 101 Å².